The highest BCUT2D eigenvalue weighted by Gasteiger charge is 1.96. The van der Waals surface area contributed by atoms with Gasteiger partial charge in [-0.05, 0) is 28.1 Å². The second-order valence-electron chi connectivity index (χ2n) is 2.04. The fourth-order valence-electron chi connectivity index (χ4n) is 0.775. The van der Waals surface area contributed by atoms with Crippen LogP contribution < -0.4 is 5.56 Å². The predicted octanol–water partition coefficient (Wildman–Crippen LogP) is 2.01. The van der Waals surface area contributed by atoms with Crippen molar-refractivity contribution >= 4 is 31.9 Å². The molecule has 0 aliphatic heterocycles. The van der Waals surface area contributed by atoms with Crippen molar-refractivity contribution in [3.8, 4) is 0 Å². The van der Waals surface area contributed by atoms with Gasteiger partial charge in [-0.2, -0.15) is 0 Å². The summed E-state index contributed by atoms with van der Waals surface area (Å²) in [5.41, 5.74) is 0.0203. The molecule has 0 N–H and O–H groups in total. The summed E-state index contributed by atoms with van der Waals surface area (Å²) in [6, 6.07) is 3.58. The molecule has 0 amide bonds. The first-order chi connectivity index (χ1) is 5.25. The van der Waals surface area contributed by atoms with Gasteiger partial charge < -0.3 is 4.57 Å². The Balaban J connectivity index is 3.07. The van der Waals surface area contributed by atoms with Crippen LogP contribution in [0, 0.1) is 0 Å². The Hall–Kier alpha value is -0.0900. The summed E-state index contributed by atoms with van der Waals surface area (Å²) >= 11 is 6.44. The molecule has 1 rings (SSSR count). The van der Waals surface area contributed by atoms with Gasteiger partial charge in [-0.1, -0.05) is 15.9 Å². The molecule has 0 aliphatic carbocycles. The summed E-state index contributed by atoms with van der Waals surface area (Å²) in [6.45, 7) is 0.707. The van der Waals surface area contributed by atoms with Crippen molar-refractivity contribution in [2.75, 3.05) is 5.33 Å². The van der Waals surface area contributed by atoms with E-state index in [1.165, 1.54) is 0 Å². The Bertz CT molecular complexity index is 295. The minimum Gasteiger partial charge on any atom is -0.314 e. The van der Waals surface area contributed by atoms with E-state index in [-0.39, 0.29) is 5.56 Å². The standard InChI is InChI=1S/C7H7Br2NO/c8-3-5-10-4-1-2-6(9)7(10)11/h1-2,4H,3,5H2. The van der Waals surface area contributed by atoms with Crippen molar-refractivity contribution < 1.29 is 0 Å². The van der Waals surface area contributed by atoms with Gasteiger partial charge in [-0.15, -0.1) is 0 Å². The summed E-state index contributed by atoms with van der Waals surface area (Å²) in [6.07, 6.45) is 1.77. The summed E-state index contributed by atoms with van der Waals surface area (Å²) in [4.78, 5) is 11.3. The van der Waals surface area contributed by atoms with Crippen LogP contribution in [0.1, 0.15) is 0 Å². The third kappa shape index (κ3) is 2.17. The lowest BCUT2D eigenvalue weighted by atomic mass is 10.5. The van der Waals surface area contributed by atoms with Crippen LogP contribution in [0.25, 0.3) is 0 Å². The van der Waals surface area contributed by atoms with Crippen LogP contribution in [0.5, 0.6) is 0 Å². The number of halogens is 2. The SMILES string of the molecule is O=c1c(Br)cccn1CCBr. The van der Waals surface area contributed by atoms with Gasteiger partial charge in [0.25, 0.3) is 5.56 Å². The molecule has 0 spiro atoms. The van der Waals surface area contributed by atoms with Gasteiger partial charge in [-0.3, -0.25) is 4.79 Å². The molecule has 0 unspecified atom stereocenters. The van der Waals surface area contributed by atoms with Gasteiger partial charge in [0, 0.05) is 18.1 Å². The van der Waals surface area contributed by atoms with Crippen LogP contribution in [0.4, 0.5) is 0 Å². The lowest BCUT2D eigenvalue weighted by Crippen LogP contribution is -2.20. The fourth-order valence-corrected chi connectivity index (χ4v) is 1.54. The zero-order chi connectivity index (χ0) is 8.27. The van der Waals surface area contributed by atoms with Gasteiger partial charge in [0.1, 0.15) is 0 Å². The number of pyridine rings is 1. The molecular formula is C7H7Br2NO. The monoisotopic (exact) mass is 279 g/mol. The molecule has 1 heterocycles. The molecule has 0 radical (unpaired) electrons. The first kappa shape index (κ1) is 9.00. The van der Waals surface area contributed by atoms with E-state index in [9.17, 15) is 4.79 Å². The molecule has 4 heteroatoms. The maximum Gasteiger partial charge on any atom is 0.264 e. The first-order valence-corrected chi connectivity index (χ1v) is 5.08. The molecule has 2 nitrogen and oxygen atoms in total. The normalized spacial score (nSPS) is 10.0. The zero-order valence-electron chi connectivity index (χ0n) is 5.76. The molecule has 0 fully saturated rings. The third-order valence-corrected chi connectivity index (χ3v) is 2.26. The van der Waals surface area contributed by atoms with Crippen LogP contribution in [0.2, 0.25) is 0 Å². The summed E-state index contributed by atoms with van der Waals surface area (Å²) in [7, 11) is 0. The first-order valence-electron chi connectivity index (χ1n) is 3.16. The van der Waals surface area contributed by atoms with E-state index in [0.29, 0.717) is 11.0 Å². The van der Waals surface area contributed by atoms with E-state index in [1.54, 1.807) is 16.8 Å². The number of alkyl halides is 1. The summed E-state index contributed by atoms with van der Waals surface area (Å²) in [5.74, 6) is 0. The lowest BCUT2D eigenvalue weighted by Gasteiger charge is -2.01. The Morgan fingerprint density at radius 2 is 2.27 bits per heavy atom. The third-order valence-electron chi connectivity index (χ3n) is 1.30. The number of aromatic nitrogens is 1. The molecule has 0 bridgehead atoms. The van der Waals surface area contributed by atoms with Gasteiger partial charge in [0.15, 0.2) is 0 Å². The molecular weight excluding hydrogens is 274 g/mol. The largest absolute Gasteiger partial charge is 0.314 e. The molecule has 0 atom stereocenters. The minimum atomic E-state index is 0.0203. The Kier molecular flexibility index (Phi) is 3.33. The van der Waals surface area contributed by atoms with Gasteiger partial charge >= 0.3 is 0 Å². The average molecular weight is 281 g/mol. The highest BCUT2D eigenvalue weighted by molar-refractivity contribution is 9.10. The van der Waals surface area contributed by atoms with Crippen molar-refractivity contribution in [1.29, 1.82) is 0 Å². The molecule has 1 aromatic rings. The van der Waals surface area contributed by atoms with Crippen LogP contribution in [-0.4, -0.2) is 9.90 Å². The molecule has 11 heavy (non-hydrogen) atoms. The van der Waals surface area contributed by atoms with Crippen LogP contribution in [0.15, 0.2) is 27.6 Å². The van der Waals surface area contributed by atoms with Crippen molar-refractivity contribution in [3.05, 3.63) is 33.2 Å². The molecule has 0 aliphatic rings. The van der Waals surface area contributed by atoms with Crippen molar-refractivity contribution in [2.24, 2.45) is 0 Å². The molecule has 0 saturated carbocycles. The van der Waals surface area contributed by atoms with E-state index in [0.717, 1.165) is 5.33 Å². The smallest absolute Gasteiger partial charge is 0.264 e. The molecule has 0 saturated heterocycles. The number of aryl methyl sites for hydroxylation is 1. The number of hydrogen-bond donors (Lipinski definition) is 0. The van der Waals surface area contributed by atoms with Crippen LogP contribution in [0.3, 0.4) is 0 Å². The zero-order valence-corrected chi connectivity index (χ0v) is 8.93. The van der Waals surface area contributed by atoms with Gasteiger partial charge in [0.05, 0.1) is 4.47 Å². The van der Waals surface area contributed by atoms with Crippen LogP contribution in [-0.2, 0) is 6.54 Å². The van der Waals surface area contributed by atoms with E-state index >= 15 is 0 Å². The molecule has 1 aromatic heterocycles. The summed E-state index contributed by atoms with van der Waals surface area (Å²) < 4.78 is 2.26. The maximum absolute atomic E-state index is 11.3. The van der Waals surface area contributed by atoms with E-state index in [4.69, 9.17) is 0 Å². The highest BCUT2D eigenvalue weighted by Crippen LogP contribution is 2.00. The number of hydrogen-bond acceptors (Lipinski definition) is 1. The van der Waals surface area contributed by atoms with Crippen LogP contribution >= 0.6 is 31.9 Å². The van der Waals surface area contributed by atoms with E-state index < -0.39 is 0 Å². The second kappa shape index (κ2) is 4.07. The van der Waals surface area contributed by atoms with Crippen molar-refractivity contribution in [3.63, 3.8) is 0 Å². The number of rotatable bonds is 2. The quantitative estimate of drug-likeness (QED) is 0.760. The average Bonchev–Trinajstić information content (AvgIpc) is 1.99. The van der Waals surface area contributed by atoms with E-state index in [1.807, 2.05) is 6.07 Å². The molecule has 0 aromatic carbocycles. The van der Waals surface area contributed by atoms with E-state index in [2.05, 4.69) is 31.9 Å². The Labute approximate surface area is 81.5 Å². The molecule has 60 valence electrons. The summed E-state index contributed by atoms with van der Waals surface area (Å²) in [5, 5.41) is 0.795. The second-order valence-corrected chi connectivity index (χ2v) is 3.69. The predicted molar refractivity (Wildman–Crippen MR) is 52.2 cm³/mol. The Morgan fingerprint density at radius 3 is 2.91 bits per heavy atom. The van der Waals surface area contributed by atoms with Gasteiger partial charge in [0.2, 0.25) is 0 Å². The highest BCUT2D eigenvalue weighted by atomic mass is 79.9. The van der Waals surface area contributed by atoms with Gasteiger partial charge in [-0.25, -0.2) is 0 Å². The topological polar surface area (TPSA) is 22.0 Å². The van der Waals surface area contributed by atoms with Crippen molar-refractivity contribution in [1.82, 2.24) is 4.57 Å². The minimum absolute atomic E-state index is 0.0203. The van der Waals surface area contributed by atoms with Crippen molar-refractivity contribution in [2.45, 2.75) is 6.54 Å². The lowest BCUT2D eigenvalue weighted by molar-refractivity contribution is 0.734. The Morgan fingerprint density at radius 1 is 1.55 bits per heavy atom. The number of nitrogens with zero attached hydrogens (tertiary/aromatic N) is 1. The fraction of sp³-hybridized carbons (Fsp3) is 0.286. The maximum atomic E-state index is 11.3.